The van der Waals surface area contributed by atoms with Crippen LogP contribution in [0, 0.1) is 11.3 Å². The summed E-state index contributed by atoms with van der Waals surface area (Å²) in [6.07, 6.45) is 6.14. The lowest BCUT2D eigenvalue weighted by Crippen LogP contribution is -2.22. The largest absolute Gasteiger partial charge is 0.281 e. The van der Waals surface area contributed by atoms with E-state index in [1.807, 2.05) is 12.2 Å². The van der Waals surface area contributed by atoms with Crippen LogP contribution < -0.4 is 0 Å². The molecule has 0 fully saturated rings. The lowest BCUT2D eigenvalue weighted by molar-refractivity contribution is 0.636. The average Bonchev–Trinajstić information content (AvgIpc) is 2.39. The molecule has 1 unspecified atom stereocenters. The Morgan fingerprint density at radius 1 is 1.70 bits per heavy atom. The van der Waals surface area contributed by atoms with Crippen LogP contribution in [-0.2, 0) is 0 Å². The Morgan fingerprint density at radius 2 is 2.50 bits per heavy atom. The molecule has 0 aliphatic carbocycles. The maximum Gasteiger partial charge on any atom is 0.101 e. The molecule has 1 rings (SSSR count). The van der Waals surface area contributed by atoms with Crippen molar-refractivity contribution in [2.75, 3.05) is 4.43 Å². The maximum atomic E-state index is 8.46. The van der Waals surface area contributed by atoms with Crippen molar-refractivity contribution in [2.45, 2.75) is 12.0 Å². The quantitative estimate of drug-likeness (QED) is 0.539. The minimum absolute atomic E-state index is 0.199. The van der Waals surface area contributed by atoms with E-state index in [0.29, 0.717) is 6.42 Å². The Balaban J connectivity index is 2.71. The standard InChI is InChI=1S/C7H7IN2/c8-6-7(3-4-9)2-1-5-10-7/h1-2,5H,3,6H2. The van der Waals surface area contributed by atoms with Crippen molar-refractivity contribution in [2.24, 2.45) is 4.99 Å². The van der Waals surface area contributed by atoms with Crippen molar-refractivity contribution < 1.29 is 0 Å². The molecule has 0 aromatic heterocycles. The highest BCUT2D eigenvalue weighted by Crippen LogP contribution is 2.23. The van der Waals surface area contributed by atoms with Crippen LogP contribution in [0.1, 0.15) is 6.42 Å². The monoisotopic (exact) mass is 246 g/mol. The van der Waals surface area contributed by atoms with Crippen LogP contribution in [0.3, 0.4) is 0 Å². The van der Waals surface area contributed by atoms with E-state index in [1.54, 1.807) is 6.21 Å². The zero-order valence-corrected chi connectivity index (χ0v) is 7.58. The smallest absolute Gasteiger partial charge is 0.101 e. The highest BCUT2D eigenvalue weighted by molar-refractivity contribution is 14.1. The van der Waals surface area contributed by atoms with E-state index in [1.165, 1.54) is 0 Å². The van der Waals surface area contributed by atoms with E-state index in [9.17, 15) is 0 Å². The number of aliphatic imine (C=N–C) groups is 1. The Hall–Kier alpha value is -0.370. The highest BCUT2D eigenvalue weighted by Gasteiger charge is 2.25. The second-order valence-corrected chi connectivity index (χ2v) is 2.97. The van der Waals surface area contributed by atoms with Crippen molar-refractivity contribution in [1.29, 1.82) is 5.26 Å². The predicted octanol–water partition coefficient (Wildman–Crippen LogP) is 1.71. The first kappa shape index (κ1) is 7.73. The van der Waals surface area contributed by atoms with Gasteiger partial charge in [-0.2, -0.15) is 5.26 Å². The molecule has 0 amide bonds. The molecule has 0 bridgehead atoms. The van der Waals surface area contributed by atoms with E-state index < -0.39 is 0 Å². The zero-order chi connectivity index (χ0) is 7.45. The fraction of sp³-hybridized carbons (Fsp3) is 0.429. The van der Waals surface area contributed by atoms with Gasteiger partial charge < -0.3 is 0 Å². The predicted molar refractivity (Wildman–Crippen MR) is 49.5 cm³/mol. The second-order valence-electron chi connectivity index (χ2n) is 2.21. The van der Waals surface area contributed by atoms with Gasteiger partial charge >= 0.3 is 0 Å². The van der Waals surface area contributed by atoms with Crippen LogP contribution in [0.15, 0.2) is 17.1 Å². The number of rotatable bonds is 2. The fourth-order valence-electron chi connectivity index (χ4n) is 0.824. The van der Waals surface area contributed by atoms with Gasteiger partial charge in [0.15, 0.2) is 0 Å². The van der Waals surface area contributed by atoms with Crippen LogP contribution in [-0.4, -0.2) is 16.2 Å². The molecule has 1 atom stereocenters. The third-order valence-corrected chi connectivity index (χ3v) is 2.76. The van der Waals surface area contributed by atoms with Crippen molar-refractivity contribution in [3.63, 3.8) is 0 Å². The number of nitrogens with zero attached hydrogens (tertiary/aromatic N) is 2. The summed E-state index contributed by atoms with van der Waals surface area (Å²) in [7, 11) is 0. The molecule has 1 aliphatic rings. The molecule has 0 spiro atoms. The van der Waals surface area contributed by atoms with E-state index in [-0.39, 0.29) is 5.54 Å². The lowest BCUT2D eigenvalue weighted by Gasteiger charge is -2.16. The van der Waals surface area contributed by atoms with Crippen LogP contribution in [0.5, 0.6) is 0 Å². The summed E-state index contributed by atoms with van der Waals surface area (Å²) in [5, 5.41) is 8.46. The van der Waals surface area contributed by atoms with Gasteiger partial charge in [-0.05, 0) is 6.08 Å². The third kappa shape index (κ3) is 1.37. The van der Waals surface area contributed by atoms with E-state index >= 15 is 0 Å². The van der Waals surface area contributed by atoms with Crippen molar-refractivity contribution >= 4 is 28.8 Å². The van der Waals surface area contributed by atoms with E-state index in [2.05, 4.69) is 33.7 Å². The first-order valence-corrected chi connectivity index (χ1v) is 4.51. The Kier molecular flexibility index (Phi) is 2.44. The first-order chi connectivity index (χ1) is 4.83. The molecule has 0 N–H and O–H groups in total. The topological polar surface area (TPSA) is 36.1 Å². The second kappa shape index (κ2) is 3.15. The van der Waals surface area contributed by atoms with Crippen molar-refractivity contribution in [1.82, 2.24) is 0 Å². The van der Waals surface area contributed by atoms with Gasteiger partial charge in [0.25, 0.3) is 0 Å². The molecule has 0 aromatic carbocycles. The number of allylic oxidation sites excluding steroid dienone is 1. The van der Waals surface area contributed by atoms with Crippen LogP contribution in [0.4, 0.5) is 0 Å². The summed E-state index contributed by atoms with van der Waals surface area (Å²) < 4.78 is 0.880. The van der Waals surface area contributed by atoms with Gasteiger partial charge in [0.2, 0.25) is 0 Å². The molecule has 0 saturated carbocycles. The molecule has 3 heteroatoms. The number of hydrogen-bond donors (Lipinski definition) is 0. The summed E-state index contributed by atoms with van der Waals surface area (Å²) in [6.45, 7) is 0. The zero-order valence-electron chi connectivity index (χ0n) is 5.42. The molecule has 0 aromatic rings. The van der Waals surface area contributed by atoms with E-state index in [0.717, 1.165) is 4.43 Å². The lowest BCUT2D eigenvalue weighted by atomic mass is 10.0. The minimum atomic E-state index is -0.199. The van der Waals surface area contributed by atoms with Gasteiger partial charge in [-0.25, -0.2) is 0 Å². The molecular weight excluding hydrogens is 239 g/mol. The Bertz CT molecular complexity index is 200. The van der Waals surface area contributed by atoms with Crippen LogP contribution >= 0.6 is 22.6 Å². The van der Waals surface area contributed by atoms with Gasteiger partial charge in [0.05, 0.1) is 12.5 Å². The third-order valence-electron chi connectivity index (χ3n) is 1.44. The summed E-state index contributed by atoms with van der Waals surface area (Å²) in [6, 6.07) is 2.13. The van der Waals surface area contributed by atoms with Gasteiger partial charge in [0, 0.05) is 10.6 Å². The molecule has 10 heavy (non-hydrogen) atoms. The molecule has 0 radical (unpaired) electrons. The Morgan fingerprint density at radius 3 is 2.90 bits per heavy atom. The normalized spacial score (nSPS) is 28.8. The molecule has 2 nitrogen and oxygen atoms in total. The van der Waals surface area contributed by atoms with Gasteiger partial charge in [-0.15, -0.1) is 0 Å². The molecule has 1 aliphatic heterocycles. The average molecular weight is 246 g/mol. The summed E-state index contributed by atoms with van der Waals surface area (Å²) in [5.74, 6) is 0. The van der Waals surface area contributed by atoms with Crippen LogP contribution in [0.25, 0.3) is 0 Å². The first-order valence-electron chi connectivity index (χ1n) is 2.99. The highest BCUT2D eigenvalue weighted by atomic mass is 127. The SMILES string of the molecule is N#CCC1(CI)C=CC=N1. The summed E-state index contributed by atoms with van der Waals surface area (Å²) >= 11 is 2.25. The summed E-state index contributed by atoms with van der Waals surface area (Å²) in [5.41, 5.74) is -0.199. The minimum Gasteiger partial charge on any atom is -0.281 e. The molecule has 52 valence electrons. The van der Waals surface area contributed by atoms with Crippen molar-refractivity contribution in [3.8, 4) is 6.07 Å². The number of hydrogen-bond acceptors (Lipinski definition) is 2. The van der Waals surface area contributed by atoms with Gasteiger partial charge in [0.1, 0.15) is 5.54 Å². The van der Waals surface area contributed by atoms with Crippen LogP contribution in [0.2, 0.25) is 0 Å². The number of halogens is 1. The van der Waals surface area contributed by atoms with Crippen molar-refractivity contribution in [3.05, 3.63) is 12.2 Å². The number of alkyl halides is 1. The van der Waals surface area contributed by atoms with Gasteiger partial charge in [-0.3, -0.25) is 4.99 Å². The van der Waals surface area contributed by atoms with E-state index in [4.69, 9.17) is 5.26 Å². The maximum absolute atomic E-state index is 8.46. The molecule has 0 saturated heterocycles. The molecular formula is C7H7IN2. The van der Waals surface area contributed by atoms with Gasteiger partial charge in [-0.1, -0.05) is 28.7 Å². The fourth-order valence-corrected chi connectivity index (χ4v) is 1.55. The summed E-state index contributed by atoms with van der Waals surface area (Å²) in [4.78, 5) is 4.21. The Labute approximate surface area is 73.8 Å². The number of nitriles is 1. The molecule has 1 heterocycles.